The minimum Gasteiger partial charge on any atom is -0.549 e. The fraction of sp³-hybridized carbons (Fsp3) is 0.727. The molecule has 0 heterocycles. The van der Waals surface area contributed by atoms with Gasteiger partial charge in [0.05, 0.1) is 24.0 Å². The normalized spacial score (nSPS) is 26.5. The van der Waals surface area contributed by atoms with Crippen molar-refractivity contribution in [2.24, 2.45) is 46.3 Å². The van der Waals surface area contributed by atoms with Gasteiger partial charge in [-0.1, -0.05) is 76.8 Å². The number of carbonyl (C=O) groups excluding carboxylic acids is 3. The SMILES string of the molecule is C=C1CC[C@H](O)C/C1=C/C=C1CCC[C@@]2(C)C1CC[C@@H]2[C@H](C)CCCC(C)C.NCC(=O)[O-].NCC(=O)[O-].NCC(=O)[O-].[Cr+3]. The van der Waals surface area contributed by atoms with E-state index in [0.717, 1.165) is 42.9 Å². The molecule has 0 aromatic heterocycles. The van der Waals surface area contributed by atoms with Crippen LogP contribution in [-0.4, -0.2) is 48.8 Å². The van der Waals surface area contributed by atoms with Crippen LogP contribution < -0.4 is 32.5 Å². The van der Waals surface area contributed by atoms with Crippen LogP contribution in [0.15, 0.2) is 35.5 Å². The summed E-state index contributed by atoms with van der Waals surface area (Å²) in [7, 11) is 0. The Morgan fingerprint density at radius 3 is 1.93 bits per heavy atom. The van der Waals surface area contributed by atoms with Crippen LogP contribution in [0.5, 0.6) is 0 Å². The van der Waals surface area contributed by atoms with Gasteiger partial charge in [-0.2, -0.15) is 0 Å². The first-order chi connectivity index (χ1) is 20.1. The van der Waals surface area contributed by atoms with Crippen LogP contribution in [-0.2, 0) is 31.7 Å². The molecule has 0 amide bonds. The van der Waals surface area contributed by atoms with E-state index >= 15 is 0 Å². The Bertz CT molecular complexity index is 920. The first-order valence-corrected chi connectivity index (χ1v) is 15.6. The molecule has 0 aliphatic heterocycles. The summed E-state index contributed by atoms with van der Waals surface area (Å²) in [5.41, 5.74) is 18.2. The molecule has 3 rings (SSSR count). The zero-order valence-corrected chi connectivity index (χ0v) is 28.5. The Labute approximate surface area is 275 Å². The van der Waals surface area contributed by atoms with Crippen molar-refractivity contribution in [3.8, 4) is 0 Å². The molecule has 1 radical (unpaired) electrons. The third-order valence-corrected chi connectivity index (χ3v) is 8.85. The fourth-order valence-corrected chi connectivity index (χ4v) is 6.66. The zero-order chi connectivity index (χ0) is 33.2. The van der Waals surface area contributed by atoms with Gasteiger partial charge in [0.1, 0.15) is 0 Å². The number of allylic oxidation sites excluding steroid dienone is 4. The number of aliphatic hydroxyl groups is 1. The van der Waals surface area contributed by atoms with Crippen molar-refractivity contribution in [1.29, 1.82) is 0 Å². The molecule has 3 aliphatic carbocycles. The van der Waals surface area contributed by atoms with E-state index in [-0.39, 0.29) is 43.1 Å². The van der Waals surface area contributed by atoms with Gasteiger partial charge >= 0.3 is 17.4 Å². The number of hydrogen-bond donors (Lipinski definition) is 4. The van der Waals surface area contributed by atoms with Crippen LogP contribution in [0.1, 0.15) is 98.3 Å². The molecule has 251 valence electrons. The standard InChI is InChI=1S/C27H44O.3C2H5NO2.Cr/c1-19(2)8-6-9-21(4)25-15-16-26-22(10-7-17-27(25,26)5)12-13-23-18-24(28)14-11-20(23)3;3*3-1-2(4)5;/h12-13,19,21,24-26,28H,3,6-11,14-18H2,1-2,4-5H3;3*1,3H2,(H,4,5);/q;;;;+3/p-3/b22-12?,23-13-;;;;/t21-,24+,25-,26?,27-;;;;/m1..../s1. The van der Waals surface area contributed by atoms with E-state index in [9.17, 15) is 5.11 Å². The van der Waals surface area contributed by atoms with E-state index in [1.54, 1.807) is 5.57 Å². The van der Waals surface area contributed by atoms with Crippen molar-refractivity contribution in [3.05, 3.63) is 35.5 Å². The second-order valence-electron chi connectivity index (χ2n) is 12.6. The van der Waals surface area contributed by atoms with E-state index in [1.807, 2.05) is 0 Å². The number of carboxylic acid groups (broad SMARTS) is 3. The van der Waals surface area contributed by atoms with Crippen molar-refractivity contribution >= 4 is 17.9 Å². The number of carbonyl (C=O) groups is 3. The molecule has 3 fully saturated rings. The quantitative estimate of drug-likeness (QED) is 0.272. The average Bonchev–Trinajstić information content (AvgIpc) is 3.31. The van der Waals surface area contributed by atoms with Gasteiger partial charge in [0, 0.05) is 19.6 Å². The van der Waals surface area contributed by atoms with Gasteiger partial charge in [-0.15, -0.1) is 0 Å². The molecule has 11 heteroatoms. The molecule has 10 nitrogen and oxygen atoms in total. The Morgan fingerprint density at radius 1 is 0.932 bits per heavy atom. The summed E-state index contributed by atoms with van der Waals surface area (Å²) in [6, 6.07) is 0. The van der Waals surface area contributed by atoms with Crippen LogP contribution in [0.2, 0.25) is 0 Å². The second kappa shape index (κ2) is 23.4. The molecule has 1 unspecified atom stereocenters. The maximum Gasteiger partial charge on any atom is 3.00 e. The molecule has 3 aliphatic rings. The maximum absolute atomic E-state index is 10.0. The minimum absolute atomic E-state index is 0. The molecule has 0 bridgehead atoms. The molecule has 5 atom stereocenters. The Balaban J connectivity index is 0. The molecule has 44 heavy (non-hydrogen) atoms. The van der Waals surface area contributed by atoms with Crippen LogP contribution in [0, 0.1) is 29.1 Å². The summed E-state index contributed by atoms with van der Waals surface area (Å²) in [5, 5.41) is 37.4. The molecule has 7 N–H and O–H groups in total. The van der Waals surface area contributed by atoms with Crippen molar-refractivity contribution in [2.45, 2.75) is 104 Å². The van der Waals surface area contributed by atoms with Crippen molar-refractivity contribution in [2.75, 3.05) is 19.6 Å². The number of rotatable bonds is 9. The first kappa shape index (κ1) is 44.1. The summed E-state index contributed by atoms with van der Waals surface area (Å²) >= 11 is 0. The van der Waals surface area contributed by atoms with Gasteiger partial charge < -0.3 is 52.0 Å². The molecule has 0 spiro atoms. The van der Waals surface area contributed by atoms with Gasteiger partial charge in [0.15, 0.2) is 0 Å². The smallest absolute Gasteiger partial charge is 0.549 e. The largest absolute Gasteiger partial charge is 3.00 e. The van der Waals surface area contributed by atoms with Crippen LogP contribution >= 0.6 is 0 Å². The monoisotopic (exact) mass is 658 g/mol. The van der Waals surface area contributed by atoms with Crippen molar-refractivity contribution < 1.29 is 52.2 Å². The molecule has 3 saturated carbocycles. The Morgan fingerprint density at radius 2 is 1.45 bits per heavy atom. The van der Waals surface area contributed by atoms with E-state index in [4.69, 9.17) is 29.7 Å². The maximum atomic E-state index is 10.0. The van der Waals surface area contributed by atoms with E-state index in [1.165, 1.54) is 62.5 Å². The predicted octanol–water partition coefficient (Wildman–Crippen LogP) is 0.702. The summed E-state index contributed by atoms with van der Waals surface area (Å²) < 4.78 is 0. The van der Waals surface area contributed by atoms with Crippen LogP contribution in [0.4, 0.5) is 0 Å². The van der Waals surface area contributed by atoms with Gasteiger partial charge in [-0.25, -0.2) is 0 Å². The van der Waals surface area contributed by atoms with E-state index < -0.39 is 17.9 Å². The second-order valence-corrected chi connectivity index (χ2v) is 12.6. The molecule has 0 aromatic rings. The Hall–Kier alpha value is -2.00. The van der Waals surface area contributed by atoms with E-state index in [0.29, 0.717) is 5.41 Å². The van der Waals surface area contributed by atoms with E-state index in [2.05, 4.69) is 63.6 Å². The topological polar surface area (TPSA) is 219 Å². The number of fused-ring (bicyclic) bond motifs is 1. The molecular weight excluding hydrogens is 602 g/mol. The van der Waals surface area contributed by atoms with Crippen LogP contribution in [0.25, 0.3) is 0 Å². The minimum atomic E-state index is -1.22. The predicted molar refractivity (Wildman–Crippen MR) is 163 cm³/mol. The third kappa shape index (κ3) is 16.9. The summed E-state index contributed by atoms with van der Waals surface area (Å²) in [5.74, 6) is -0.283. The summed E-state index contributed by atoms with van der Waals surface area (Å²) in [4.78, 5) is 27.4. The van der Waals surface area contributed by atoms with Gasteiger partial charge in [0.25, 0.3) is 0 Å². The molecular formula is C33H56CrN3O7. The number of aliphatic carboxylic acids is 3. The summed E-state index contributed by atoms with van der Waals surface area (Å²) in [6.07, 6.45) is 18.2. The van der Waals surface area contributed by atoms with Crippen LogP contribution in [0.3, 0.4) is 0 Å². The molecule has 0 aromatic carbocycles. The molecule has 0 saturated heterocycles. The zero-order valence-electron chi connectivity index (χ0n) is 27.2. The first-order valence-electron chi connectivity index (χ1n) is 15.6. The average molecular weight is 659 g/mol. The third-order valence-electron chi connectivity index (χ3n) is 8.85. The summed E-state index contributed by atoms with van der Waals surface area (Å²) in [6.45, 7) is 12.9. The van der Waals surface area contributed by atoms with Gasteiger partial charge in [-0.3, -0.25) is 0 Å². The van der Waals surface area contributed by atoms with Crippen molar-refractivity contribution in [3.63, 3.8) is 0 Å². The number of hydrogen-bond acceptors (Lipinski definition) is 10. The van der Waals surface area contributed by atoms with Crippen molar-refractivity contribution in [1.82, 2.24) is 0 Å². The number of aliphatic hydroxyl groups excluding tert-OH is 1. The van der Waals surface area contributed by atoms with Gasteiger partial charge in [0.2, 0.25) is 0 Å². The number of nitrogens with two attached hydrogens (primary N) is 3. The fourth-order valence-electron chi connectivity index (χ4n) is 6.66. The Kier molecular flexibility index (Phi) is 23.4. The number of carboxylic acids is 3. The van der Waals surface area contributed by atoms with Gasteiger partial charge in [-0.05, 0) is 86.0 Å².